The van der Waals surface area contributed by atoms with E-state index in [4.69, 9.17) is 14.1 Å². The van der Waals surface area contributed by atoms with Crippen LogP contribution in [-0.4, -0.2) is 23.1 Å². The van der Waals surface area contributed by atoms with Crippen LogP contribution in [-0.2, 0) is 6.54 Å². The third-order valence-electron chi connectivity index (χ3n) is 5.00. The highest BCUT2D eigenvalue weighted by Crippen LogP contribution is 2.39. The molecule has 1 atom stereocenters. The molecule has 2 aromatic carbocycles. The number of aromatic nitrogens is 1. The van der Waals surface area contributed by atoms with E-state index in [1.54, 1.807) is 6.26 Å². The van der Waals surface area contributed by atoms with Crippen LogP contribution in [0.4, 0.5) is 0 Å². The number of ether oxygens (including phenoxy) is 1. The van der Waals surface area contributed by atoms with Crippen molar-refractivity contribution in [1.29, 1.82) is 0 Å². The number of nitrogens with one attached hydrogen (secondary N) is 2. The lowest BCUT2D eigenvalue weighted by Gasteiger charge is -2.38. The molecular formula is C24H28N4O2. The van der Waals surface area contributed by atoms with E-state index < -0.39 is 0 Å². The molecule has 6 heteroatoms. The Bertz CT molecular complexity index is 1010. The molecular weight excluding hydrogens is 376 g/mol. The predicted octanol–water partition coefficient (Wildman–Crippen LogP) is 4.70. The molecule has 0 spiro atoms. The third kappa shape index (κ3) is 4.64. The van der Waals surface area contributed by atoms with Gasteiger partial charge in [0.15, 0.2) is 5.96 Å². The Kier molecular flexibility index (Phi) is 5.74. The van der Waals surface area contributed by atoms with E-state index in [-0.39, 0.29) is 11.6 Å². The number of hydrogen-bond acceptors (Lipinski definition) is 4. The van der Waals surface area contributed by atoms with Gasteiger partial charge in [0.2, 0.25) is 5.89 Å². The zero-order valence-electron chi connectivity index (χ0n) is 17.7. The molecule has 0 bridgehead atoms. The molecule has 30 heavy (non-hydrogen) atoms. The first kappa shape index (κ1) is 20.0. The van der Waals surface area contributed by atoms with Crippen molar-refractivity contribution in [2.45, 2.75) is 45.4 Å². The normalized spacial score (nSPS) is 17.7. The molecule has 0 amide bonds. The summed E-state index contributed by atoms with van der Waals surface area (Å²) in [5.74, 6) is 2.28. The van der Waals surface area contributed by atoms with Gasteiger partial charge in [-0.15, -0.1) is 0 Å². The number of guanidine groups is 1. The maximum atomic E-state index is 6.14. The van der Waals surface area contributed by atoms with Crippen molar-refractivity contribution in [2.75, 3.05) is 6.54 Å². The van der Waals surface area contributed by atoms with Crippen molar-refractivity contribution in [3.8, 4) is 17.2 Å². The maximum Gasteiger partial charge on any atom is 0.226 e. The van der Waals surface area contributed by atoms with Crippen LogP contribution in [0.25, 0.3) is 11.5 Å². The minimum Gasteiger partial charge on any atom is -0.487 e. The molecule has 0 radical (unpaired) electrons. The van der Waals surface area contributed by atoms with Gasteiger partial charge in [-0.1, -0.05) is 36.4 Å². The van der Waals surface area contributed by atoms with Gasteiger partial charge in [-0.25, -0.2) is 9.98 Å². The summed E-state index contributed by atoms with van der Waals surface area (Å²) in [6.45, 7) is 7.49. The third-order valence-corrected chi connectivity index (χ3v) is 5.00. The highest BCUT2D eigenvalue weighted by atomic mass is 16.5. The number of hydrogen-bond donors (Lipinski definition) is 2. The number of nitrogens with zero attached hydrogens (tertiary/aromatic N) is 2. The molecule has 4 rings (SSSR count). The summed E-state index contributed by atoms with van der Waals surface area (Å²) >= 11 is 0. The van der Waals surface area contributed by atoms with Gasteiger partial charge in [0.25, 0.3) is 0 Å². The van der Waals surface area contributed by atoms with Gasteiger partial charge in [0.1, 0.15) is 23.3 Å². The maximum absolute atomic E-state index is 6.14. The van der Waals surface area contributed by atoms with Gasteiger partial charge in [0, 0.05) is 24.1 Å². The second-order valence-corrected chi connectivity index (χ2v) is 8.01. The van der Waals surface area contributed by atoms with Crippen LogP contribution >= 0.6 is 0 Å². The van der Waals surface area contributed by atoms with Crippen LogP contribution in [0.15, 0.2) is 70.3 Å². The lowest BCUT2D eigenvalue weighted by atomic mass is 9.90. The Hall–Kier alpha value is -3.28. The average molecular weight is 405 g/mol. The van der Waals surface area contributed by atoms with Crippen molar-refractivity contribution >= 4 is 5.96 Å². The molecule has 1 aromatic heterocycles. The first-order chi connectivity index (χ1) is 14.5. The van der Waals surface area contributed by atoms with Gasteiger partial charge in [0.05, 0.1) is 12.6 Å². The topological polar surface area (TPSA) is 71.7 Å². The monoisotopic (exact) mass is 404 g/mol. The number of para-hydroxylation sites is 1. The molecule has 1 aliphatic rings. The van der Waals surface area contributed by atoms with Crippen LogP contribution in [0.5, 0.6) is 5.75 Å². The van der Waals surface area contributed by atoms with Crippen LogP contribution < -0.4 is 15.4 Å². The summed E-state index contributed by atoms with van der Waals surface area (Å²) in [5, 5.41) is 6.91. The highest BCUT2D eigenvalue weighted by molar-refractivity contribution is 5.80. The van der Waals surface area contributed by atoms with E-state index in [0.29, 0.717) is 12.4 Å². The lowest BCUT2D eigenvalue weighted by Crippen LogP contribution is -2.45. The van der Waals surface area contributed by atoms with Gasteiger partial charge >= 0.3 is 0 Å². The smallest absolute Gasteiger partial charge is 0.226 e. The summed E-state index contributed by atoms with van der Waals surface area (Å²) in [6.07, 6.45) is 2.51. The standard InChI is InChI=1S/C24H28N4O2/c1-4-25-23(26-15-18-16-29-22(27-18)17-10-6-5-7-11-17)28-20-14-24(2,3)30-21-13-9-8-12-19(20)21/h5-13,16,20H,4,14-15H2,1-3H3,(H2,25,26,28). The number of aliphatic imine (C=N–C) groups is 1. The van der Waals surface area contributed by atoms with Crippen LogP contribution in [0.2, 0.25) is 0 Å². The second-order valence-electron chi connectivity index (χ2n) is 8.01. The van der Waals surface area contributed by atoms with Crippen LogP contribution in [0, 0.1) is 0 Å². The minimum absolute atomic E-state index is 0.111. The molecule has 1 aliphatic heterocycles. The zero-order valence-corrected chi connectivity index (χ0v) is 17.7. The van der Waals surface area contributed by atoms with E-state index in [9.17, 15) is 0 Å². The number of rotatable bonds is 5. The molecule has 156 valence electrons. The Labute approximate surface area is 177 Å². The SMILES string of the molecule is CCNC(=NCc1coc(-c2ccccc2)n1)NC1CC(C)(C)Oc2ccccc21. The zero-order chi connectivity index (χ0) is 21.0. The molecule has 0 fully saturated rings. The van der Waals surface area contributed by atoms with E-state index >= 15 is 0 Å². The van der Waals surface area contributed by atoms with E-state index in [1.807, 2.05) is 48.5 Å². The van der Waals surface area contributed by atoms with Gasteiger partial charge in [-0.3, -0.25) is 0 Å². The molecule has 3 aromatic rings. The Morgan fingerprint density at radius 3 is 2.70 bits per heavy atom. The Morgan fingerprint density at radius 1 is 1.13 bits per heavy atom. The van der Waals surface area contributed by atoms with E-state index in [0.717, 1.165) is 41.5 Å². The van der Waals surface area contributed by atoms with Crippen molar-refractivity contribution in [1.82, 2.24) is 15.6 Å². The summed E-state index contributed by atoms with van der Waals surface area (Å²) in [6, 6.07) is 18.2. The fourth-order valence-corrected chi connectivity index (χ4v) is 3.67. The summed E-state index contributed by atoms with van der Waals surface area (Å²) in [4.78, 5) is 9.31. The Balaban J connectivity index is 1.50. The summed E-state index contributed by atoms with van der Waals surface area (Å²) in [5.41, 5.74) is 2.65. The molecule has 0 saturated carbocycles. The molecule has 1 unspecified atom stereocenters. The number of fused-ring (bicyclic) bond motifs is 1. The molecule has 6 nitrogen and oxygen atoms in total. The number of oxazole rings is 1. The Morgan fingerprint density at radius 2 is 1.90 bits per heavy atom. The number of benzene rings is 2. The van der Waals surface area contributed by atoms with E-state index in [1.165, 1.54) is 0 Å². The van der Waals surface area contributed by atoms with Gasteiger partial charge in [-0.05, 0) is 39.0 Å². The van der Waals surface area contributed by atoms with Crippen LogP contribution in [0.3, 0.4) is 0 Å². The average Bonchev–Trinajstić information content (AvgIpc) is 3.21. The van der Waals surface area contributed by atoms with Crippen LogP contribution in [0.1, 0.15) is 44.5 Å². The quantitative estimate of drug-likeness (QED) is 0.476. The predicted molar refractivity (Wildman–Crippen MR) is 118 cm³/mol. The largest absolute Gasteiger partial charge is 0.487 e. The van der Waals surface area contributed by atoms with Gasteiger partial charge < -0.3 is 19.8 Å². The molecule has 0 aliphatic carbocycles. The lowest BCUT2D eigenvalue weighted by molar-refractivity contribution is 0.0694. The van der Waals surface area contributed by atoms with E-state index in [2.05, 4.69) is 42.5 Å². The first-order valence-electron chi connectivity index (χ1n) is 10.4. The van der Waals surface area contributed by atoms with Gasteiger partial charge in [-0.2, -0.15) is 0 Å². The van der Waals surface area contributed by atoms with Crippen molar-refractivity contribution in [2.24, 2.45) is 4.99 Å². The fourth-order valence-electron chi connectivity index (χ4n) is 3.67. The van der Waals surface area contributed by atoms with Crippen molar-refractivity contribution in [3.05, 3.63) is 72.1 Å². The molecule has 2 N–H and O–H groups in total. The minimum atomic E-state index is -0.250. The molecule has 2 heterocycles. The first-order valence-corrected chi connectivity index (χ1v) is 10.4. The highest BCUT2D eigenvalue weighted by Gasteiger charge is 2.33. The van der Waals surface area contributed by atoms with Crippen molar-refractivity contribution in [3.63, 3.8) is 0 Å². The summed E-state index contributed by atoms with van der Waals surface area (Å²) in [7, 11) is 0. The summed E-state index contributed by atoms with van der Waals surface area (Å²) < 4.78 is 11.8. The fraction of sp³-hybridized carbons (Fsp3) is 0.333. The second kappa shape index (κ2) is 8.61. The van der Waals surface area contributed by atoms with Crippen molar-refractivity contribution < 1.29 is 9.15 Å². The molecule has 0 saturated heterocycles.